The Labute approximate surface area is 121 Å². The van der Waals surface area contributed by atoms with Gasteiger partial charge in [-0.05, 0) is 28.1 Å². The van der Waals surface area contributed by atoms with E-state index < -0.39 is 0 Å². The third-order valence-electron chi connectivity index (χ3n) is 2.31. The Kier molecular flexibility index (Phi) is 4.31. The fourth-order valence-corrected chi connectivity index (χ4v) is 2.21. The molecule has 0 aliphatic rings. The van der Waals surface area contributed by atoms with E-state index in [1.54, 1.807) is 7.11 Å². The normalized spacial score (nSPS) is 10.6. The van der Waals surface area contributed by atoms with Crippen LogP contribution in [0.2, 0.25) is 0 Å². The van der Waals surface area contributed by atoms with Crippen molar-refractivity contribution in [2.75, 3.05) is 7.11 Å². The van der Waals surface area contributed by atoms with Gasteiger partial charge in [-0.2, -0.15) is 0 Å². The number of methoxy groups -OCH3 is 1. The lowest BCUT2D eigenvalue weighted by molar-refractivity contribution is 0.180. The molecule has 1 aromatic heterocycles. The van der Waals surface area contributed by atoms with E-state index in [2.05, 4.69) is 41.8 Å². The standard InChI is InChI=1S/C12H10Br2N2O2/c1-18-6-9-10(14)12(17)16-11(15-9)7-3-2-4-8(13)5-7/h2-5H,6H2,1H3,(H,15,16,17). The third-order valence-corrected chi connectivity index (χ3v) is 3.62. The maximum Gasteiger partial charge on any atom is 0.265 e. The van der Waals surface area contributed by atoms with Gasteiger partial charge in [0, 0.05) is 17.1 Å². The van der Waals surface area contributed by atoms with Crippen molar-refractivity contribution < 1.29 is 4.74 Å². The van der Waals surface area contributed by atoms with Crippen LogP contribution in [0.15, 0.2) is 38.0 Å². The summed E-state index contributed by atoms with van der Waals surface area (Å²) >= 11 is 6.59. The summed E-state index contributed by atoms with van der Waals surface area (Å²) in [5.74, 6) is 0.525. The molecule has 0 radical (unpaired) electrons. The van der Waals surface area contributed by atoms with Gasteiger partial charge in [-0.15, -0.1) is 0 Å². The van der Waals surface area contributed by atoms with E-state index in [1.165, 1.54) is 0 Å². The molecular weight excluding hydrogens is 364 g/mol. The first kappa shape index (κ1) is 13.5. The Morgan fingerprint density at radius 1 is 1.39 bits per heavy atom. The molecule has 94 valence electrons. The van der Waals surface area contributed by atoms with Gasteiger partial charge in [0.2, 0.25) is 0 Å². The van der Waals surface area contributed by atoms with E-state index in [9.17, 15) is 4.79 Å². The van der Waals surface area contributed by atoms with E-state index in [-0.39, 0.29) is 12.2 Å². The SMILES string of the molecule is COCc1nc(-c2cccc(Br)c2)[nH]c(=O)c1Br. The van der Waals surface area contributed by atoms with Gasteiger partial charge >= 0.3 is 0 Å². The summed E-state index contributed by atoms with van der Waals surface area (Å²) in [5, 5.41) is 0. The second-order valence-corrected chi connectivity index (χ2v) is 5.33. The lowest BCUT2D eigenvalue weighted by Gasteiger charge is -2.06. The molecule has 6 heteroatoms. The molecule has 0 unspecified atom stereocenters. The molecule has 0 fully saturated rings. The molecule has 0 amide bonds. The zero-order valence-electron chi connectivity index (χ0n) is 9.54. The van der Waals surface area contributed by atoms with Crippen molar-refractivity contribution in [2.45, 2.75) is 6.61 Å². The number of ether oxygens (including phenoxy) is 1. The summed E-state index contributed by atoms with van der Waals surface area (Å²) in [7, 11) is 1.56. The minimum absolute atomic E-state index is 0.216. The lowest BCUT2D eigenvalue weighted by Crippen LogP contribution is -2.14. The van der Waals surface area contributed by atoms with Crippen LogP contribution >= 0.6 is 31.9 Å². The van der Waals surface area contributed by atoms with Gasteiger partial charge in [0.15, 0.2) is 0 Å². The fraction of sp³-hybridized carbons (Fsp3) is 0.167. The van der Waals surface area contributed by atoms with Crippen LogP contribution in [0.4, 0.5) is 0 Å². The first-order chi connectivity index (χ1) is 8.61. The largest absolute Gasteiger partial charge is 0.378 e. The molecule has 0 atom stereocenters. The number of H-pyrrole nitrogens is 1. The van der Waals surface area contributed by atoms with Crippen LogP contribution in [0, 0.1) is 0 Å². The van der Waals surface area contributed by atoms with Gasteiger partial charge in [0.25, 0.3) is 5.56 Å². The smallest absolute Gasteiger partial charge is 0.265 e. The summed E-state index contributed by atoms with van der Waals surface area (Å²) < 4.78 is 6.36. The number of halogens is 2. The maximum atomic E-state index is 11.8. The number of aromatic nitrogens is 2. The van der Waals surface area contributed by atoms with Crippen LogP contribution in [0.3, 0.4) is 0 Å². The Bertz CT molecular complexity index is 626. The number of hydrogen-bond donors (Lipinski definition) is 1. The van der Waals surface area contributed by atoms with Crippen LogP contribution < -0.4 is 5.56 Å². The number of rotatable bonds is 3. The average Bonchev–Trinajstić information content (AvgIpc) is 2.35. The molecule has 0 saturated carbocycles. The van der Waals surface area contributed by atoms with Gasteiger partial charge in [-0.1, -0.05) is 28.1 Å². The van der Waals surface area contributed by atoms with Gasteiger partial charge in [0.1, 0.15) is 10.3 Å². The summed E-state index contributed by atoms with van der Waals surface area (Å²) in [6.07, 6.45) is 0. The third kappa shape index (κ3) is 2.88. The average molecular weight is 374 g/mol. The second-order valence-electron chi connectivity index (χ2n) is 3.62. The second kappa shape index (κ2) is 5.77. The van der Waals surface area contributed by atoms with E-state index in [4.69, 9.17) is 4.74 Å². The molecular formula is C12H10Br2N2O2. The van der Waals surface area contributed by atoms with Crippen molar-refractivity contribution >= 4 is 31.9 Å². The van der Waals surface area contributed by atoms with Gasteiger partial charge in [0.05, 0.1) is 12.3 Å². The van der Waals surface area contributed by atoms with E-state index in [0.717, 1.165) is 10.0 Å². The minimum atomic E-state index is -0.216. The van der Waals surface area contributed by atoms with Crippen molar-refractivity contribution in [3.8, 4) is 11.4 Å². The molecule has 0 aliphatic carbocycles. The van der Waals surface area contributed by atoms with Crippen molar-refractivity contribution in [2.24, 2.45) is 0 Å². The highest BCUT2D eigenvalue weighted by Crippen LogP contribution is 2.20. The predicted octanol–water partition coefficient (Wildman–Crippen LogP) is 3.11. The van der Waals surface area contributed by atoms with Crippen LogP contribution in [0.25, 0.3) is 11.4 Å². The predicted molar refractivity (Wildman–Crippen MR) is 76.4 cm³/mol. The number of aromatic amines is 1. The molecule has 0 bridgehead atoms. The maximum absolute atomic E-state index is 11.8. The molecule has 1 heterocycles. The Morgan fingerprint density at radius 3 is 2.83 bits per heavy atom. The molecule has 2 rings (SSSR count). The van der Waals surface area contributed by atoms with Gasteiger partial charge < -0.3 is 9.72 Å². The molecule has 18 heavy (non-hydrogen) atoms. The monoisotopic (exact) mass is 372 g/mol. The van der Waals surface area contributed by atoms with Crippen molar-refractivity contribution in [3.05, 3.63) is 49.3 Å². The zero-order chi connectivity index (χ0) is 13.1. The number of hydrogen-bond acceptors (Lipinski definition) is 3. The first-order valence-electron chi connectivity index (χ1n) is 5.15. The number of nitrogens with one attached hydrogen (secondary N) is 1. The highest BCUT2D eigenvalue weighted by atomic mass is 79.9. The van der Waals surface area contributed by atoms with Gasteiger partial charge in [-0.3, -0.25) is 4.79 Å². The van der Waals surface area contributed by atoms with E-state index in [0.29, 0.717) is 16.0 Å². The molecule has 1 aromatic carbocycles. The molecule has 2 aromatic rings. The Balaban J connectivity index is 2.55. The first-order valence-corrected chi connectivity index (χ1v) is 6.74. The molecule has 0 spiro atoms. The van der Waals surface area contributed by atoms with Crippen LogP contribution in [0.5, 0.6) is 0 Å². The minimum Gasteiger partial charge on any atom is -0.378 e. The van der Waals surface area contributed by atoms with Crippen molar-refractivity contribution in [1.82, 2.24) is 9.97 Å². The fourth-order valence-electron chi connectivity index (χ4n) is 1.51. The van der Waals surface area contributed by atoms with Crippen molar-refractivity contribution in [1.29, 1.82) is 0 Å². The summed E-state index contributed by atoms with van der Waals surface area (Å²) in [5.41, 5.74) is 1.20. The highest BCUT2D eigenvalue weighted by molar-refractivity contribution is 9.10. The number of benzene rings is 1. The zero-order valence-corrected chi connectivity index (χ0v) is 12.7. The van der Waals surface area contributed by atoms with Crippen LogP contribution in [0.1, 0.15) is 5.69 Å². The van der Waals surface area contributed by atoms with E-state index >= 15 is 0 Å². The van der Waals surface area contributed by atoms with Crippen molar-refractivity contribution in [3.63, 3.8) is 0 Å². The van der Waals surface area contributed by atoms with Crippen LogP contribution in [-0.2, 0) is 11.3 Å². The molecule has 0 saturated heterocycles. The Hall–Kier alpha value is -0.980. The molecule has 1 N–H and O–H groups in total. The molecule has 0 aliphatic heterocycles. The summed E-state index contributed by atoms with van der Waals surface area (Å²) in [4.78, 5) is 18.9. The topological polar surface area (TPSA) is 55.0 Å². The Morgan fingerprint density at radius 2 is 2.17 bits per heavy atom. The quantitative estimate of drug-likeness (QED) is 0.899. The summed E-state index contributed by atoms with van der Waals surface area (Å²) in [6, 6.07) is 7.57. The van der Waals surface area contributed by atoms with E-state index in [1.807, 2.05) is 24.3 Å². The lowest BCUT2D eigenvalue weighted by atomic mass is 10.2. The number of nitrogens with zero attached hydrogens (tertiary/aromatic N) is 1. The highest BCUT2D eigenvalue weighted by Gasteiger charge is 2.10. The summed E-state index contributed by atoms with van der Waals surface area (Å²) in [6.45, 7) is 0.283. The molecule has 4 nitrogen and oxygen atoms in total. The van der Waals surface area contributed by atoms with Gasteiger partial charge in [-0.25, -0.2) is 4.98 Å². The van der Waals surface area contributed by atoms with Crippen LogP contribution in [-0.4, -0.2) is 17.1 Å².